The Hall–Kier alpha value is -0.855. The highest BCUT2D eigenvalue weighted by Crippen LogP contribution is 2.44. The Morgan fingerprint density at radius 1 is 1.06 bits per heavy atom. The molecule has 0 unspecified atom stereocenters. The SMILES string of the molecule is OB(O)c1ccc(C(F)(F)C(F)(F)F)cc1Cl. The molecule has 0 saturated heterocycles. The highest BCUT2D eigenvalue weighted by Gasteiger charge is 2.58. The number of alkyl halides is 5. The van der Waals surface area contributed by atoms with Crippen molar-refractivity contribution in [3.63, 3.8) is 0 Å². The molecule has 2 N–H and O–H groups in total. The summed E-state index contributed by atoms with van der Waals surface area (Å²) in [6, 6.07) is 1.49. The number of benzene rings is 1. The van der Waals surface area contributed by atoms with Gasteiger partial charge in [-0.3, -0.25) is 0 Å². The zero-order valence-electron chi connectivity index (χ0n) is 7.97. The number of hydrogen-bond donors (Lipinski definition) is 2. The zero-order valence-corrected chi connectivity index (χ0v) is 8.73. The summed E-state index contributed by atoms with van der Waals surface area (Å²) in [6.45, 7) is 0. The first-order chi connectivity index (χ1) is 7.57. The van der Waals surface area contributed by atoms with Gasteiger partial charge in [0.15, 0.2) is 0 Å². The van der Waals surface area contributed by atoms with Gasteiger partial charge in [-0.2, -0.15) is 22.0 Å². The Kier molecular flexibility index (Phi) is 3.70. The van der Waals surface area contributed by atoms with Crippen LogP contribution < -0.4 is 5.46 Å². The molecular formula is C8H5BClF5O2. The molecule has 0 aliphatic carbocycles. The molecule has 0 radical (unpaired) electrons. The largest absolute Gasteiger partial charge is 0.489 e. The van der Waals surface area contributed by atoms with Crippen molar-refractivity contribution in [2.75, 3.05) is 0 Å². The highest BCUT2D eigenvalue weighted by atomic mass is 35.5. The van der Waals surface area contributed by atoms with Crippen molar-refractivity contribution in [3.05, 3.63) is 28.8 Å². The fourth-order valence-electron chi connectivity index (χ4n) is 1.10. The van der Waals surface area contributed by atoms with Crippen molar-refractivity contribution in [3.8, 4) is 0 Å². The Morgan fingerprint density at radius 3 is 1.94 bits per heavy atom. The quantitative estimate of drug-likeness (QED) is 0.636. The van der Waals surface area contributed by atoms with Crippen LogP contribution in [0.5, 0.6) is 0 Å². The molecule has 0 saturated carbocycles. The monoisotopic (exact) mass is 274 g/mol. The van der Waals surface area contributed by atoms with Crippen molar-refractivity contribution in [1.29, 1.82) is 0 Å². The van der Waals surface area contributed by atoms with Gasteiger partial charge in [0.2, 0.25) is 0 Å². The maximum atomic E-state index is 12.9. The minimum atomic E-state index is -5.74. The molecule has 0 heterocycles. The second-order valence-electron chi connectivity index (χ2n) is 3.18. The van der Waals surface area contributed by atoms with Gasteiger partial charge >= 0.3 is 19.2 Å². The van der Waals surface area contributed by atoms with E-state index in [9.17, 15) is 22.0 Å². The second kappa shape index (κ2) is 4.43. The van der Waals surface area contributed by atoms with Crippen molar-refractivity contribution >= 4 is 24.2 Å². The molecule has 0 bridgehead atoms. The van der Waals surface area contributed by atoms with Gasteiger partial charge in [-0.15, -0.1) is 0 Å². The van der Waals surface area contributed by atoms with Crippen LogP contribution in [0.2, 0.25) is 5.02 Å². The molecular weight excluding hydrogens is 269 g/mol. The van der Waals surface area contributed by atoms with Gasteiger partial charge in [-0.1, -0.05) is 23.7 Å². The van der Waals surface area contributed by atoms with Crippen molar-refractivity contribution < 1.29 is 32.0 Å². The topological polar surface area (TPSA) is 40.5 Å². The first kappa shape index (κ1) is 14.2. The lowest BCUT2D eigenvalue weighted by atomic mass is 9.79. The summed E-state index contributed by atoms with van der Waals surface area (Å²) < 4.78 is 61.8. The summed E-state index contributed by atoms with van der Waals surface area (Å²) in [5, 5.41) is 16.9. The Balaban J connectivity index is 3.23. The van der Waals surface area contributed by atoms with E-state index in [0.717, 1.165) is 0 Å². The van der Waals surface area contributed by atoms with Crippen LogP contribution in [0.3, 0.4) is 0 Å². The summed E-state index contributed by atoms with van der Waals surface area (Å²) in [6.07, 6.45) is -5.74. The molecule has 9 heteroatoms. The van der Waals surface area contributed by atoms with E-state index < -0.39 is 29.8 Å². The normalized spacial score (nSPS) is 12.7. The highest BCUT2D eigenvalue weighted by molar-refractivity contribution is 6.62. The smallest absolute Gasteiger partial charge is 0.423 e. The van der Waals surface area contributed by atoms with E-state index in [1.807, 2.05) is 0 Å². The molecule has 1 aromatic rings. The van der Waals surface area contributed by atoms with Crippen LogP contribution in [0.15, 0.2) is 18.2 Å². The Bertz CT molecular complexity index is 421. The average molecular weight is 274 g/mol. The molecule has 0 spiro atoms. The van der Waals surface area contributed by atoms with E-state index >= 15 is 0 Å². The van der Waals surface area contributed by atoms with Gasteiger partial charge in [0.05, 0.1) is 0 Å². The van der Waals surface area contributed by atoms with E-state index in [0.29, 0.717) is 18.2 Å². The molecule has 0 aromatic heterocycles. The molecule has 0 aliphatic heterocycles. The van der Waals surface area contributed by atoms with E-state index in [1.54, 1.807) is 0 Å². The maximum Gasteiger partial charge on any atom is 0.489 e. The summed E-state index contributed by atoms with van der Waals surface area (Å²) in [5.74, 6) is -5.05. The summed E-state index contributed by atoms with van der Waals surface area (Å²) >= 11 is 5.36. The third-order valence-corrected chi connectivity index (χ3v) is 2.32. The number of halogens is 6. The molecule has 94 valence electrons. The Morgan fingerprint density at radius 2 is 1.59 bits per heavy atom. The summed E-state index contributed by atoms with van der Waals surface area (Å²) in [5.41, 5.74) is -1.72. The molecule has 0 fully saturated rings. The van der Waals surface area contributed by atoms with Gasteiger partial charge < -0.3 is 10.0 Å². The van der Waals surface area contributed by atoms with Crippen LogP contribution in [0.1, 0.15) is 5.56 Å². The fraction of sp³-hybridized carbons (Fsp3) is 0.250. The van der Waals surface area contributed by atoms with Crippen LogP contribution in [0.25, 0.3) is 0 Å². The molecule has 0 aliphatic rings. The zero-order chi connectivity index (χ0) is 13.4. The standard InChI is InChI=1S/C8H5BClF5O2/c10-6-3-4(1-2-5(6)9(16)17)7(11,12)8(13,14)15/h1-3,16-17H. The number of rotatable bonds is 2. The molecule has 0 amide bonds. The van der Waals surface area contributed by atoms with Crippen LogP contribution in [0.4, 0.5) is 22.0 Å². The van der Waals surface area contributed by atoms with Crippen LogP contribution in [-0.4, -0.2) is 23.3 Å². The Labute approximate surface area is 97.8 Å². The lowest BCUT2D eigenvalue weighted by Gasteiger charge is -2.20. The number of hydrogen-bond acceptors (Lipinski definition) is 2. The third kappa shape index (κ3) is 2.70. The van der Waals surface area contributed by atoms with Gasteiger partial charge in [0, 0.05) is 16.0 Å². The molecule has 2 nitrogen and oxygen atoms in total. The van der Waals surface area contributed by atoms with E-state index in [1.165, 1.54) is 0 Å². The predicted molar refractivity (Wildman–Crippen MR) is 51.2 cm³/mol. The summed E-state index contributed by atoms with van der Waals surface area (Å²) in [4.78, 5) is 0. The predicted octanol–water partition coefficient (Wildman–Crippen LogP) is 1.67. The van der Waals surface area contributed by atoms with E-state index in [4.69, 9.17) is 21.6 Å². The van der Waals surface area contributed by atoms with Gasteiger partial charge in [-0.25, -0.2) is 0 Å². The third-order valence-electron chi connectivity index (χ3n) is 2.00. The molecule has 1 rings (SSSR count). The van der Waals surface area contributed by atoms with Gasteiger partial charge in [-0.05, 0) is 6.07 Å². The molecule has 0 atom stereocenters. The van der Waals surface area contributed by atoms with Crippen LogP contribution in [-0.2, 0) is 5.92 Å². The molecule has 1 aromatic carbocycles. The first-order valence-corrected chi connectivity index (χ1v) is 4.55. The maximum absolute atomic E-state index is 12.9. The van der Waals surface area contributed by atoms with Crippen molar-refractivity contribution in [2.45, 2.75) is 12.1 Å². The molecule has 17 heavy (non-hydrogen) atoms. The average Bonchev–Trinajstić information content (AvgIpc) is 2.14. The lowest BCUT2D eigenvalue weighted by molar-refractivity contribution is -0.289. The minimum Gasteiger partial charge on any atom is -0.423 e. The summed E-state index contributed by atoms with van der Waals surface area (Å²) in [7, 11) is -2.05. The van der Waals surface area contributed by atoms with Crippen LogP contribution in [0, 0.1) is 0 Å². The van der Waals surface area contributed by atoms with Gasteiger partial charge in [0.25, 0.3) is 0 Å². The van der Waals surface area contributed by atoms with Crippen molar-refractivity contribution in [2.24, 2.45) is 0 Å². The lowest BCUT2D eigenvalue weighted by Crippen LogP contribution is -2.35. The van der Waals surface area contributed by atoms with Gasteiger partial charge in [0.1, 0.15) is 0 Å². The second-order valence-corrected chi connectivity index (χ2v) is 3.59. The fourth-order valence-corrected chi connectivity index (χ4v) is 1.37. The first-order valence-electron chi connectivity index (χ1n) is 4.18. The van der Waals surface area contributed by atoms with Crippen LogP contribution >= 0.6 is 11.6 Å². The minimum absolute atomic E-state index is 0.351. The van der Waals surface area contributed by atoms with E-state index in [2.05, 4.69) is 0 Å². The van der Waals surface area contributed by atoms with Crippen molar-refractivity contribution in [1.82, 2.24) is 0 Å². The van der Waals surface area contributed by atoms with E-state index in [-0.39, 0.29) is 5.46 Å².